The van der Waals surface area contributed by atoms with Crippen LogP contribution in [0.15, 0.2) is 62.5 Å². The Morgan fingerprint density at radius 2 is 1.24 bits per heavy atom. The highest BCUT2D eigenvalue weighted by atomic mass is 35.5. The van der Waals surface area contributed by atoms with Gasteiger partial charge in [0.15, 0.2) is 5.75 Å². The van der Waals surface area contributed by atoms with Crippen LogP contribution >= 0.6 is 54.0 Å². The van der Waals surface area contributed by atoms with Crippen molar-refractivity contribution in [2.75, 3.05) is 0 Å². The predicted molar refractivity (Wildman–Crippen MR) is 155 cm³/mol. The Kier molecular flexibility index (Phi) is 8.63. The monoisotopic (exact) mass is 716 g/mol. The third kappa shape index (κ3) is 6.23. The van der Waals surface area contributed by atoms with Crippen molar-refractivity contribution in [1.29, 1.82) is 0 Å². The Morgan fingerprint density at radius 1 is 0.690 bits per heavy atom. The normalized spacial score (nSPS) is 12.9. The van der Waals surface area contributed by atoms with Crippen molar-refractivity contribution < 1.29 is 50.5 Å². The van der Waals surface area contributed by atoms with Crippen molar-refractivity contribution in [1.82, 2.24) is 0 Å². The number of halogens is 4. The predicted octanol–water partition coefficient (Wildman–Crippen LogP) is 6.24. The lowest BCUT2D eigenvalue weighted by Crippen LogP contribution is -2.04. The van der Waals surface area contributed by atoms with Gasteiger partial charge in [0.1, 0.15) is 26.9 Å². The molecular weight excluding hydrogens is 705 g/mol. The molecule has 0 aromatic heterocycles. The van der Waals surface area contributed by atoms with E-state index in [9.17, 15) is 50.5 Å². The lowest BCUT2D eigenvalue weighted by molar-refractivity contribution is 0.387. The molecule has 20 heteroatoms. The summed E-state index contributed by atoms with van der Waals surface area (Å²) in [6.45, 7) is 0. The summed E-state index contributed by atoms with van der Waals surface area (Å²) in [5, 5.41) is 26.9. The highest BCUT2D eigenvalue weighted by Gasteiger charge is 2.31. The summed E-state index contributed by atoms with van der Waals surface area (Å²) in [6, 6.07) is 6.57. The van der Waals surface area contributed by atoms with E-state index in [0.29, 0.717) is 12.1 Å². The molecule has 13 nitrogen and oxygen atoms in total. The van der Waals surface area contributed by atoms with E-state index in [2.05, 4.69) is 10.2 Å². The largest absolute Gasteiger partial charge is 0.506 e. The van der Waals surface area contributed by atoms with E-state index in [-0.39, 0.29) is 25.7 Å². The number of rotatable bonds is 6. The molecule has 0 unspecified atom stereocenters. The van der Waals surface area contributed by atoms with Crippen molar-refractivity contribution in [3.05, 3.63) is 62.6 Å². The number of nitrogens with zero attached hydrogens (tertiary/aromatic N) is 2. The Balaban J connectivity index is 2.16. The Morgan fingerprint density at radius 3 is 1.76 bits per heavy atom. The van der Waals surface area contributed by atoms with Crippen LogP contribution in [0.2, 0.25) is 20.1 Å². The van der Waals surface area contributed by atoms with Crippen LogP contribution in [0, 0.1) is 0 Å². The molecule has 0 bridgehead atoms. The number of benzene rings is 4. The second-order valence-corrected chi connectivity index (χ2v) is 14.4. The topological polar surface area (TPSA) is 231 Å². The van der Waals surface area contributed by atoms with Gasteiger partial charge in [0.25, 0.3) is 20.2 Å². The summed E-state index contributed by atoms with van der Waals surface area (Å²) in [5.74, 6) is -2.29. The molecule has 0 saturated heterocycles. The van der Waals surface area contributed by atoms with Gasteiger partial charge in [-0.05, 0) is 47.9 Å². The van der Waals surface area contributed by atoms with E-state index in [0.717, 1.165) is 24.3 Å². The van der Waals surface area contributed by atoms with E-state index in [4.69, 9.17) is 46.4 Å². The van der Waals surface area contributed by atoms with Gasteiger partial charge in [-0.2, -0.15) is 16.8 Å². The standard InChI is InChI=1S/C22H13Cl4N2O11PS2/c23-9-1-2-13(14(7-9)40(31,32)33)27-28-20-16(42(37,38)39)4-8-3-15(41(34,35)36)19(21(29)17(8)22(20)30)18-11(25)5-10(24)6-12(18)26/h1-7,29-30H,(H2,31,32,33)(H,34,35,36)(H,37,38,39). The molecule has 42 heavy (non-hydrogen) atoms. The fourth-order valence-electron chi connectivity index (χ4n) is 3.91. The number of fused-ring (bicyclic) bond motifs is 1. The first-order valence-corrected chi connectivity index (χ1v) is 16.6. The zero-order valence-corrected chi connectivity index (χ0v) is 25.5. The van der Waals surface area contributed by atoms with E-state index in [1.54, 1.807) is 0 Å². The van der Waals surface area contributed by atoms with Gasteiger partial charge < -0.3 is 20.0 Å². The van der Waals surface area contributed by atoms with E-state index in [1.807, 2.05) is 0 Å². The third-order valence-corrected chi connectivity index (χ3v) is 9.38. The SMILES string of the molecule is O=P(O)(O)c1cc(Cl)ccc1N=Nc1c(S(=O)(=O)O)cc2cc(S(=O)(=O)O)c(-c3c(Cl)cc(Cl)cc3Cl)c(O)c2c1O. The number of aromatic hydroxyl groups is 2. The first-order valence-electron chi connectivity index (χ1n) is 10.6. The van der Waals surface area contributed by atoms with Gasteiger partial charge in [0.05, 0.1) is 20.7 Å². The van der Waals surface area contributed by atoms with Gasteiger partial charge in [-0.15, -0.1) is 10.2 Å². The maximum absolute atomic E-state index is 12.3. The molecule has 0 atom stereocenters. The Hall–Kier alpha value is -2.53. The molecular formula is C22H13Cl4N2O11PS2. The molecule has 6 N–H and O–H groups in total. The smallest absolute Gasteiger partial charge is 0.358 e. The number of azo groups is 1. The van der Waals surface area contributed by atoms with Crippen LogP contribution in [0.5, 0.6) is 11.5 Å². The lowest BCUT2D eigenvalue weighted by atomic mass is 9.98. The second kappa shape index (κ2) is 11.2. The quantitative estimate of drug-likeness (QED) is 0.0742. The maximum Gasteiger partial charge on any atom is 0.358 e. The van der Waals surface area contributed by atoms with Crippen LogP contribution in [-0.2, 0) is 24.8 Å². The fourth-order valence-corrected chi connectivity index (χ4v) is 7.28. The number of phenols is 2. The number of hydrogen-bond acceptors (Lipinski definition) is 9. The molecule has 0 fully saturated rings. The van der Waals surface area contributed by atoms with Crippen molar-refractivity contribution in [3.8, 4) is 22.6 Å². The molecule has 4 aromatic carbocycles. The average molecular weight is 718 g/mol. The van der Waals surface area contributed by atoms with Gasteiger partial charge >= 0.3 is 7.60 Å². The van der Waals surface area contributed by atoms with Crippen LogP contribution in [0.25, 0.3) is 21.9 Å². The fraction of sp³-hybridized carbons (Fsp3) is 0. The van der Waals surface area contributed by atoms with Crippen LogP contribution in [0.4, 0.5) is 11.4 Å². The van der Waals surface area contributed by atoms with Crippen LogP contribution < -0.4 is 5.30 Å². The van der Waals surface area contributed by atoms with Crippen molar-refractivity contribution in [3.63, 3.8) is 0 Å². The van der Waals surface area contributed by atoms with Gasteiger partial charge in [-0.1, -0.05) is 46.4 Å². The van der Waals surface area contributed by atoms with E-state index < -0.39 is 82.1 Å². The highest BCUT2D eigenvalue weighted by Crippen LogP contribution is 2.52. The van der Waals surface area contributed by atoms with Gasteiger partial charge in [0, 0.05) is 21.2 Å². The summed E-state index contributed by atoms with van der Waals surface area (Å²) in [4.78, 5) is 17.1. The van der Waals surface area contributed by atoms with Crippen molar-refractivity contribution in [2.24, 2.45) is 10.2 Å². The molecule has 0 heterocycles. The van der Waals surface area contributed by atoms with Gasteiger partial charge in [0.2, 0.25) is 0 Å². The molecule has 222 valence electrons. The lowest BCUT2D eigenvalue weighted by Gasteiger charge is -2.17. The molecule has 0 aliphatic heterocycles. The maximum atomic E-state index is 12.3. The summed E-state index contributed by atoms with van der Waals surface area (Å²) in [7, 11) is -15.5. The summed E-state index contributed by atoms with van der Waals surface area (Å²) in [6.07, 6.45) is 0. The van der Waals surface area contributed by atoms with Crippen LogP contribution in [-0.4, -0.2) is 45.9 Å². The molecule has 0 saturated carbocycles. The Bertz CT molecular complexity index is 2100. The Labute approximate surface area is 256 Å². The molecule has 0 amide bonds. The van der Waals surface area contributed by atoms with Crippen molar-refractivity contribution in [2.45, 2.75) is 9.79 Å². The first kappa shape index (κ1) is 32.4. The van der Waals surface area contributed by atoms with Crippen molar-refractivity contribution >= 4 is 102 Å². The van der Waals surface area contributed by atoms with E-state index >= 15 is 0 Å². The number of phenolic OH excluding ortho intramolecular Hbond substituents is 2. The minimum atomic E-state index is -5.28. The number of hydrogen-bond donors (Lipinski definition) is 6. The van der Waals surface area contributed by atoms with Gasteiger partial charge in [-0.25, -0.2) is 0 Å². The molecule has 4 aromatic rings. The molecule has 0 aliphatic carbocycles. The molecule has 0 spiro atoms. The molecule has 0 aliphatic rings. The van der Waals surface area contributed by atoms with Crippen LogP contribution in [0.3, 0.4) is 0 Å². The summed E-state index contributed by atoms with van der Waals surface area (Å²) < 4.78 is 80.8. The van der Waals surface area contributed by atoms with Gasteiger partial charge in [-0.3, -0.25) is 13.7 Å². The molecule has 0 radical (unpaired) electrons. The summed E-state index contributed by atoms with van der Waals surface area (Å²) in [5.41, 5.74) is -2.63. The summed E-state index contributed by atoms with van der Waals surface area (Å²) >= 11 is 24.1. The minimum absolute atomic E-state index is 0.0163. The zero-order chi connectivity index (χ0) is 31.5. The molecule has 4 rings (SSSR count). The van der Waals surface area contributed by atoms with E-state index in [1.165, 1.54) is 6.07 Å². The highest BCUT2D eigenvalue weighted by molar-refractivity contribution is 7.86. The third-order valence-electron chi connectivity index (χ3n) is 5.60. The zero-order valence-electron chi connectivity index (χ0n) is 19.9. The average Bonchev–Trinajstić information content (AvgIpc) is 2.82. The first-order chi connectivity index (χ1) is 19.2. The second-order valence-electron chi connectivity index (χ2n) is 8.34. The minimum Gasteiger partial charge on any atom is -0.506 e. The van der Waals surface area contributed by atoms with Crippen LogP contribution in [0.1, 0.15) is 0 Å².